The molecule has 2 atom stereocenters. The quantitative estimate of drug-likeness (QED) is 0.0629. The maximum Gasteiger partial charge on any atom is 0.347 e. The zero-order valence-corrected chi connectivity index (χ0v) is 37.3. The lowest BCUT2D eigenvalue weighted by Crippen LogP contribution is -2.47. The third-order valence-corrected chi connectivity index (χ3v) is 12.8. The maximum atomic E-state index is 13.9. The normalized spacial score (nSPS) is 16.2. The molecule has 0 bridgehead atoms. The molecule has 0 spiro atoms. The smallest absolute Gasteiger partial charge is 0.347 e. The fourth-order valence-corrected chi connectivity index (χ4v) is 8.91. The number of phenolic OH excluding ortho intramolecular Hbond substituents is 1. The highest BCUT2D eigenvalue weighted by Gasteiger charge is 2.42. The number of phenols is 1. The van der Waals surface area contributed by atoms with E-state index in [9.17, 15) is 34.5 Å². The Morgan fingerprint density at radius 3 is 2.21 bits per heavy atom. The molecule has 5 aromatic carbocycles. The second-order valence-electron chi connectivity index (χ2n) is 17.5. The summed E-state index contributed by atoms with van der Waals surface area (Å²) in [5, 5.41) is 40.1. The molecule has 6 N–H and O–H groups in total. The average molecular weight is 908 g/mol. The zero-order valence-electron chi connectivity index (χ0n) is 37.3. The molecule has 348 valence electrons. The van der Waals surface area contributed by atoms with Crippen LogP contribution in [0.2, 0.25) is 0 Å². The molecule has 0 saturated carbocycles. The number of piperidine rings is 2. The van der Waals surface area contributed by atoms with E-state index in [2.05, 4.69) is 32.7 Å². The van der Waals surface area contributed by atoms with Crippen LogP contribution < -0.4 is 20.9 Å². The van der Waals surface area contributed by atoms with Crippen molar-refractivity contribution in [3.8, 4) is 11.5 Å². The van der Waals surface area contributed by atoms with Crippen molar-refractivity contribution in [2.45, 2.75) is 56.5 Å². The van der Waals surface area contributed by atoms with Crippen LogP contribution in [0.4, 0.5) is 0 Å². The van der Waals surface area contributed by atoms with Crippen LogP contribution in [0.1, 0.15) is 70.0 Å². The predicted octanol–water partition coefficient (Wildman–Crippen LogP) is 5.55. The van der Waals surface area contributed by atoms with E-state index in [1.165, 1.54) is 17.7 Å². The third-order valence-electron chi connectivity index (χ3n) is 12.8. The van der Waals surface area contributed by atoms with Crippen LogP contribution in [0, 0.1) is 5.92 Å². The molecule has 0 aliphatic carbocycles. The van der Waals surface area contributed by atoms with E-state index in [1.54, 1.807) is 77.7 Å². The first-order chi connectivity index (χ1) is 32.5. The van der Waals surface area contributed by atoms with Gasteiger partial charge in [-0.15, -0.1) is 0 Å². The number of fused-ring (bicyclic) bond motifs is 1. The number of rotatable bonds is 17. The van der Waals surface area contributed by atoms with Crippen molar-refractivity contribution in [3.63, 3.8) is 0 Å². The predicted molar refractivity (Wildman–Crippen MR) is 253 cm³/mol. The molecule has 2 aliphatic rings. The summed E-state index contributed by atoms with van der Waals surface area (Å²) in [5.41, 5.74) is 1.71. The molecular formula is C53H57N5O9. The number of aliphatic hydroxyl groups excluding tert-OH is 1. The number of aromatic nitrogens is 1. The van der Waals surface area contributed by atoms with Crippen LogP contribution in [0.5, 0.6) is 11.5 Å². The summed E-state index contributed by atoms with van der Waals surface area (Å²) in [6.07, 6.45) is 2.01. The van der Waals surface area contributed by atoms with Crippen LogP contribution in [-0.4, -0.2) is 99.9 Å². The van der Waals surface area contributed by atoms with Crippen LogP contribution >= 0.6 is 0 Å². The molecule has 2 saturated heterocycles. The van der Waals surface area contributed by atoms with Crippen LogP contribution in [0.3, 0.4) is 0 Å². The number of H-pyrrole nitrogens is 1. The van der Waals surface area contributed by atoms with Gasteiger partial charge < -0.3 is 45.3 Å². The molecule has 67 heavy (non-hydrogen) atoms. The molecule has 2 fully saturated rings. The first-order valence-electron chi connectivity index (χ1n) is 22.9. The minimum absolute atomic E-state index is 0.0720. The van der Waals surface area contributed by atoms with Gasteiger partial charge in [0, 0.05) is 61.3 Å². The summed E-state index contributed by atoms with van der Waals surface area (Å²) in [7, 11) is 0. The number of aliphatic hydroxyl groups is 2. The number of nitrogens with one attached hydrogen (secondary N) is 3. The van der Waals surface area contributed by atoms with Crippen molar-refractivity contribution in [1.82, 2.24) is 25.4 Å². The number of ether oxygens (including phenoxy) is 2. The lowest BCUT2D eigenvalue weighted by atomic mass is 9.86. The van der Waals surface area contributed by atoms with Gasteiger partial charge in [-0.3, -0.25) is 19.3 Å². The highest BCUT2D eigenvalue weighted by molar-refractivity contribution is 5.94. The summed E-state index contributed by atoms with van der Waals surface area (Å²) in [5.74, 6) is -0.764. The highest BCUT2D eigenvalue weighted by Crippen LogP contribution is 2.34. The van der Waals surface area contributed by atoms with E-state index in [0.717, 1.165) is 38.0 Å². The Bertz CT molecular complexity index is 2680. The van der Waals surface area contributed by atoms with E-state index in [1.807, 2.05) is 36.4 Å². The van der Waals surface area contributed by atoms with E-state index >= 15 is 0 Å². The molecule has 2 aliphatic heterocycles. The highest BCUT2D eigenvalue weighted by atomic mass is 16.5. The fourth-order valence-electron chi connectivity index (χ4n) is 8.91. The molecular weight excluding hydrogens is 851 g/mol. The van der Waals surface area contributed by atoms with Gasteiger partial charge in [0.25, 0.3) is 11.8 Å². The largest absolute Gasteiger partial charge is 0.506 e. The van der Waals surface area contributed by atoms with Gasteiger partial charge in [0.05, 0.1) is 18.2 Å². The maximum absolute atomic E-state index is 13.9. The van der Waals surface area contributed by atoms with Crippen LogP contribution in [0.25, 0.3) is 10.9 Å². The van der Waals surface area contributed by atoms with E-state index < -0.39 is 17.7 Å². The number of likely N-dealkylation sites (tertiary alicyclic amines) is 2. The Balaban J connectivity index is 0.779. The molecule has 2 amide bonds. The van der Waals surface area contributed by atoms with Crippen molar-refractivity contribution in [1.29, 1.82) is 0 Å². The number of amides is 2. The Labute approximate surface area is 389 Å². The van der Waals surface area contributed by atoms with Gasteiger partial charge >= 0.3 is 5.97 Å². The number of hydrogen-bond donors (Lipinski definition) is 6. The number of hydrogen-bond acceptors (Lipinski definition) is 11. The van der Waals surface area contributed by atoms with Gasteiger partial charge in [-0.05, 0) is 103 Å². The number of aromatic hydroxyl groups is 1. The van der Waals surface area contributed by atoms with Gasteiger partial charge in [0.1, 0.15) is 11.5 Å². The van der Waals surface area contributed by atoms with Gasteiger partial charge in [0.15, 0.2) is 6.61 Å². The first kappa shape index (κ1) is 46.7. The standard InChI is InChI=1S/C53H57N5O9/c59-46-20-18-44(45-19-21-48(61)56-50(45)46)47(60)32-54-31-36-14-16-39(17-15-36)51(63)55-42-24-28-58(29-25-42)49(62)35-66-43-13-7-12-41(30-43)53(65,40-10-5-2-6-11-40)52(64)67-34-38-22-26-57(27-23-38)33-37-8-3-1-4-9-37/h1-21,30,38,42,47,54,59-60,65H,22-29,31-35H2,(H,55,63)(H,56,61)/t47-,53-/m0/s1. The minimum Gasteiger partial charge on any atom is -0.506 e. The molecule has 6 aromatic rings. The SMILES string of the molecule is O=C(NC1CCN(C(=O)COc2cccc([C@](O)(C(=O)OCC3CCN(Cc4ccccc4)CC3)c3ccccc3)c2)CC1)c1ccc(CNC[C@H](O)c2ccc(O)c3[nH]c(=O)ccc23)cc1. The molecule has 14 heteroatoms. The Kier molecular flexibility index (Phi) is 15.1. The summed E-state index contributed by atoms with van der Waals surface area (Å²) in [6.45, 7) is 4.17. The van der Waals surface area contributed by atoms with Crippen molar-refractivity contribution in [2.24, 2.45) is 5.92 Å². The topological polar surface area (TPSA) is 194 Å². The number of carbonyl (C=O) groups excluding carboxylic acids is 3. The van der Waals surface area contributed by atoms with E-state index in [-0.39, 0.29) is 65.9 Å². The summed E-state index contributed by atoms with van der Waals surface area (Å²) < 4.78 is 11.8. The molecule has 0 radical (unpaired) electrons. The number of carbonyl (C=O) groups is 3. The van der Waals surface area contributed by atoms with E-state index in [0.29, 0.717) is 60.3 Å². The van der Waals surface area contributed by atoms with Gasteiger partial charge in [0.2, 0.25) is 11.2 Å². The number of nitrogens with zero attached hydrogens (tertiary/aromatic N) is 2. The Morgan fingerprint density at radius 2 is 1.48 bits per heavy atom. The molecule has 1 aromatic heterocycles. The average Bonchev–Trinajstić information content (AvgIpc) is 3.36. The Morgan fingerprint density at radius 1 is 0.776 bits per heavy atom. The number of esters is 1. The molecule has 3 heterocycles. The van der Waals surface area contributed by atoms with Crippen LogP contribution in [0.15, 0.2) is 138 Å². The van der Waals surface area contributed by atoms with Gasteiger partial charge in [-0.2, -0.15) is 0 Å². The minimum atomic E-state index is -2.10. The van der Waals surface area contributed by atoms with Crippen LogP contribution in [-0.2, 0) is 33.0 Å². The summed E-state index contributed by atoms with van der Waals surface area (Å²) in [4.78, 5) is 58.8. The summed E-state index contributed by atoms with van der Waals surface area (Å²) >= 11 is 0. The van der Waals surface area contributed by atoms with E-state index in [4.69, 9.17) is 9.47 Å². The number of pyridine rings is 1. The van der Waals surface area contributed by atoms with Gasteiger partial charge in [-0.25, -0.2) is 4.79 Å². The van der Waals surface area contributed by atoms with Crippen molar-refractivity contribution < 1.29 is 39.2 Å². The molecule has 0 unspecified atom stereocenters. The third kappa shape index (κ3) is 11.6. The van der Waals surface area contributed by atoms with Crippen molar-refractivity contribution >= 4 is 28.7 Å². The van der Waals surface area contributed by atoms with Gasteiger partial charge in [-0.1, -0.05) is 91.0 Å². The number of aromatic amines is 1. The second-order valence-corrected chi connectivity index (χ2v) is 17.5. The Hall–Kier alpha value is -6.84. The fraction of sp³-hybridized carbons (Fsp3) is 0.321. The second kappa shape index (κ2) is 21.6. The lowest BCUT2D eigenvalue weighted by Gasteiger charge is -2.33. The summed E-state index contributed by atoms with van der Waals surface area (Å²) in [6, 6.07) is 38.7. The monoisotopic (exact) mass is 907 g/mol. The first-order valence-corrected chi connectivity index (χ1v) is 22.9. The number of benzene rings is 5. The molecule has 14 nitrogen and oxygen atoms in total. The zero-order chi connectivity index (χ0) is 46.8. The van der Waals surface area contributed by atoms with Crippen molar-refractivity contribution in [2.75, 3.05) is 45.9 Å². The lowest BCUT2D eigenvalue weighted by molar-refractivity contribution is -0.164. The van der Waals surface area contributed by atoms with Crippen molar-refractivity contribution in [3.05, 3.63) is 177 Å². The molecule has 8 rings (SSSR count).